The third-order valence-corrected chi connectivity index (χ3v) is 6.63. The summed E-state index contributed by atoms with van der Waals surface area (Å²) in [5, 5.41) is 0. The van der Waals surface area contributed by atoms with Gasteiger partial charge in [-0.05, 0) is 52.9 Å². The average Bonchev–Trinajstić information content (AvgIpc) is 2.26. The summed E-state index contributed by atoms with van der Waals surface area (Å²) in [6, 6.07) is 5.19. The summed E-state index contributed by atoms with van der Waals surface area (Å²) < 4.78 is 27.7. The lowest BCUT2D eigenvalue weighted by Gasteiger charge is -2.29. The molecular weight excluding hydrogens is 382 g/mol. The molecule has 1 aliphatic rings. The van der Waals surface area contributed by atoms with Crippen LogP contribution in [-0.4, -0.2) is 26.3 Å². The number of nitrogens with zero attached hydrogens (tertiary/aromatic N) is 1. The minimum Gasteiger partial charge on any atom is -0.207 e. The molecule has 18 heavy (non-hydrogen) atoms. The molecule has 0 spiro atoms. The predicted octanol–water partition coefficient (Wildman–Crippen LogP) is 3.63. The summed E-state index contributed by atoms with van der Waals surface area (Å²) >= 11 is 6.61. The summed E-state index contributed by atoms with van der Waals surface area (Å²) in [5.74, 6) is 0.524. The van der Waals surface area contributed by atoms with E-state index in [1.165, 1.54) is 10.7 Å². The second kappa shape index (κ2) is 5.61. The van der Waals surface area contributed by atoms with E-state index >= 15 is 0 Å². The van der Waals surface area contributed by atoms with E-state index in [0.717, 1.165) is 17.3 Å². The van der Waals surface area contributed by atoms with Crippen molar-refractivity contribution in [3.8, 4) is 0 Å². The maximum Gasteiger partial charge on any atom is 0.243 e. The highest BCUT2D eigenvalue weighted by molar-refractivity contribution is 9.11. The Morgan fingerprint density at radius 1 is 1.33 bits per heavy atom. The number of halogens is 2. The summed E-state index contributed by atoms with van der Waals surface area (Å²) in [4.78, 5) is 0.318. The van der Waals surface area contributed by atoms with Crippen LogP contribution in [0, 0.1) is 5.92 Å². The van der Waals surface area contributed by atoms with Crippen molar-refractivity contribution in [3.05, 3.63) is 27.1 Å². The van der Waals surface area contributed by atoms with Crippen molar-refractivity contribution in [2.24, 2.45) is 5.92 Å². The Bertz CT molecular complexity index is 541. The van der Waals surface area contributed by atoms with Crippen LogP contribution in [0.4, 0.5) is 0 Å². The molecule has 0 atom stereocenters. The van der Waals surface area contributed by atoms with Gasteiger partial charge in [0.05, 0.1) is 4.90 Å². The van der Waals surface area contributed by atoms with Crippen LogP contribution in [0.5, 0.6) is 0 Å². The Kier molecular flexibility index (Phi) is 4.52. The first-order chi connectivity index (χ1) is 8.41. The van der Waals surface area contributed by atoms with Crippen molar-refractivity contribution < 1.29 is 8.42 Å². The molecule has 0 heterocycles. The standard InChI is InChI=1S/C12H15Br2NO2S/c1-15(8-9-3-2-4-9)18(16,17)12-7-10(13)5-6-11(12)14/h5-7,9H,2-4,8H2,1H3. The van der Waals surface area contributed by atoms with E-state index in [2.05, 4.69) is 31.9 Å². The lowest BCUT2D eigenvalue weighted by atomic mass is 9.86. The lowest BCUT2D eigenvalue weighted by molar-refractivity contribution is 0.263. The molecule has 2 rings (SSSR count). The molecule has 3 nitrogen and oxygen atoms in total. The van der Waals surface area contributed by atoms with Crippen LogP contribution in [0.25, 0.3) is 0 Å². The molecule has 0 unspecified atom stereocenters. The van der Waals surface area contributed by atoms with E-state index in [-0.39, 0.29) is 0 Å². The molecule has 0 aliphatic heterocycles. The molecule has 0 bridgehead atoms. The predicted molar refractivity (Wildman–Crippen MR) is 79.0 cm³/mol. The minimum absolute atomic E-state index is 0.318. The van der Waals surface area contributed by atoms with Gasteiger partial charge in [0.1, 0.15) is 0 Å². The van der Waals surface area contributed by atoms with Gasteiger partial charge in [0, 0.05) is 22.5 Å². The van der Waals surface area contributed by atoms with E-state index in [1.54, 1.807) is 19.2 Å². The molecule has 1 saturated carbocycles. The topological polar surface area (TPSA) is 37.4 Å². The highest BCUT2D eigenvalue weighted by atomic mass is 79.9. The van der Waals surface area contributed by atoms with Crippen molar-refractivity contribution in [2.45, 2.75) is 24.2 Å². The van der Waals surface area contributed by atoms with Gasteiger partial charge in [-0.3, -0.25) is 0 Å². The summed E-state index contributed by atoms with van der Waals surface area (Å²) in [6.07, 6.45) is 3.50. The maximum absolute atomic E-state index is 12.5. The molecule has 100 valence electrons. The van der Waals surface area contributed by atoms with Crippen LogP contribution in [0.2, 0.25) is 0 Å². The van der Waals surface area contributed by atoms with Crippen LogP contribution in [0.3, 0.4) is 0 Å². The summed E-state index contributed by atoms with van der Waals surface area (Å²) in [6.45, 7) is 0.612. The molecule has 6 heteroatoms. The Balaban J connectivity index is 2.25. The number of hydrogen-bond donors (Lipinski definition) is 0. The van der Waals surface area contributed by atoms with Gasteiger partial charge < -0.3 is 0 Å². The normalized spacial score (nSPS) is 16.9. The van der Waals surface area contributed by atoms with Crippen molar-refractivity contribution in [1.82, 2.24) is 4.31 Å². The first-order valence-corrected chi connectivity index (χ1v) is 8.85. The Morgan fingerprint density at radius 3 is 2.56 bits per heavy atom. The van der Waals surface area contributed by atoms with Gasteiger partial charge >= 0.3 is 0 Å². The summed E-state index contributed by atoms with van der Waals surface area (Å²) in [7, 11) is -1.75. The second-order valence-electron chi connectivity index (χ2n) is 4.66. The van der Waals surface area contributed by atoms with Crippen molar-refractivity contribution in [3.63, 3.8) is 0 Å². The SMILES string of the molecule is CN(CC1CCC1)S(=O)(=O)c1cc(Br)ccc1Br. The van der Waals surface area contributed by atoms with Gasteiger partial charge in [0.25, 0.3) is 0 Å². The van der Waals surface area contributed by atoms with Crippen molar-refractivity contribution in [2.75, 3.05) is 13.6 Å². The quantitative estimate of drug-likeness (QED) is 0.779. The zero-order valence-corrected chi connectivity index (χ0v) is 14.1. The lowest BCUT2D eigenvalue weighted by Crippen LogP contribution is -2.34. The first-order valence-electron chi connectivity index (χ1n) is 5.82. The third kappa shape index (κ3) is 2.98. The van der Waals surface area contributed by atoms with Gasteiger partial charge in [-0.2, -0.15) is 0 Å². The molecule has 0 saturated heterocycles. The van der Waals surface area contributed by atoms with Crippen LogP contribution in [-0.2, 0) is 10.0 Å². The molecule has 0 aromatic heterocycles. The molecular formula is C12H15Br2NO2S. The smallest absolute Gasteiger partial charge is 0.207 e. The van der Waals surface area contributed by atoms with Crippen molar-refractivity contribution in [1.29, 1.82) is 0 Å². The highest BCUT2D eigenvalue weighted by Gasteiger charge is 2.28. The average molecular weight is 397 g/mol. The van der Waals surface area contributed by atoms with Crippen LogP contribution < -0.4 is 0 Å². The van der Waals surface area contributed by atoms with E-state index in [4.69, 9.17) is 0 Å². The van der Waals surface area contributed by atoms with Crippen LogP contribution >= 0.6 is 31.9 Å². The van der Waals surface area contributed by atoms with E-state index in [1.807, 2.05) is 6.07 Å². The molecule has 1 aromatic rings. The number of rotatable bonds is 4. The van der Waals surface area contributed by atoms with Gasteiger partial charge in [-0.1, -0.05) is 22.4 Å². The van der Waals surface area contributed by atoms with Crippen LogP contribution in [0.1, 0.15) is 19.3 Å². The highest BCUT2D eigenvalue weighted by Crippen LogP contribution is 2.31. The Morgan fingerprint density at radius 2 is 2.00 bits per heavy atom. The fourth-order valence-corrected chi connectivity index (χ4v) is 4.69. The molecule has 1 aromatic carbocycles. The third-order valence-electron chi connectivity index (χ3n) is 3.32. The number of hydrogen-bond acceptors (Lipinski definition) is 2. The monoisotopic (exact) mass is 395 g/mol. The zero-order valence-electron chi connectivity index (χ0n) is 10.1. The van der Waals surface area contributed by atoms with Gasteiger partial charge in [0.15, 0.2) is 0 Å². The Hall–Kier alpha value is 0.0900. The minimum atomic E-state index is -3.41. The fraction of sp³-hybridized carbons (Fsp3) is 0.500. The van der Waals surface area contributed by atoms with Gasteiger partial charge in [0.2, 0.25) is 10.0 Å². The number of sulfonamides is 1. The van der Waals surface area contributed by atoms with E-state index in [0.29, 0.717) is 21.8 Å². The first kappa shape index (κ1) is 14.5. The Labute approximate surface area is 125 Å². The van der Waals surface area contributed by atoms with Gasteiger partial charge in [-0.25, -0.2) is 12.7 Å². The van der Waals surface area contributed by atoms with E-state index < -0.39 is 10.0 Å². The largest absolute Gasteiger partial charge is 0.243 e. The zero-order chi connectivity index (χ0) is 13.3. The fourth-order valence-electron chi connectivity index (χ4n) is 1.98. The summed E-state index contributed by atoms with van der Waals surface area (Å²) in [5.41, 5.74) is 0. The molecule has 1 fully saturated rings. The van der Waals surface area contributed by atoms with Crippen molar-refractivity contribution >= 4 is 41.9 Å². The van der Waals surface area contributed by atoms with Gasteiger partial charge in [-0.15, -0.1) is 0 Å². The maximum atomic E-state index is 12.5. The molecule has 0 amide bonds. The molecule has 0 N–H and O–H groups in total. The second-order valence-corrected chi connectivity index (χ2v) is 8.44. The van der Waals surface area contributed by atoms with E-state index in [9.17, 15) is 8.42 Å². The van der Waals surface area contributed by atoms with Crippen LogP contribution in [0.15, 0.2) is 32.0 Å². The molecule has 0 radical (unpaired) electrons. The number of benzene rings is 1. The molecule has 1 aliphatic carbocycles.